The molecule has 1 rings (SSSR count). The predicted octanol–water partition coefficient (Wildman–Crippen LogP) is 2.00. The zero-order valence-corrected chi connectivity index (χ0v) is 10.9. The van der Waals surface area contributed by atoms with Crippen molar-refractivity contribution >= 4 is 18.0 Å². The van der Waals surface area contributed by atoms with Crippen LogP contribution in [-0.4, -0.2) is 21.9 Å². The highest BCUT2D eigenvalue weighted by atomic mass is 16.6. The quantitative estimate of drug-likeness (QED) is 0.455. The Morgan fingerprint density at radius 1 is 1.22 bits per heavy atom. The van der Waals surface area contributed by atoms with Crippen molar-refractivity contribution in [1.82, 2.24) is 9.97 Å². The number of hydrogen-bond donors (Lipinski definition) is 0. The van der Waals surface area contributed by atoms with Gasteiger partial charge in [0.1, 0.15) is 0 Å². The van der Waals surface area contributed by atoms with Crippen LogP contribution in [0, 0.1) is 5.41 Å². The van der Waals surface area contributed by atoms with Crippen LogP contribution in [0.1, 0.15) is 33.5 Å². The number of rotatable bonds is 2. The van der Waals surface area contributed by atoms with Gasteiger partial charge in [0.25, 0.3) is 0 Å². The lowest BCUT2D eigenvalue weighted by Crippen LogP contribution is -2.26. The van der Waals surface area contributed by atoms with Crippen LogP contribution in [0.5, 0.6) is 0 Å². The Bertz CT molecular complexity index is 473. The molecule has 0 radical (unpaired) electrons. The van der Waals surface area contributed by atoms with E-state index < -0.39 is 17.4 Å². The van der Waals surface area contributed by atoms with Crippen molar-refractivity contribution in [2.75, 3.05) is 0 Å². The first-order valence-electron chi connectivity index (χ1n) is 5.52. The largest absolute Gasteiger partial charge is 0.389 e. The monoisotopic (exact) mass is 248 g/mol. The maximum Gasteiger partial charge on any atom is 0.341 e. The lowest BCUT2D eigenvalue weighted by atomic mass is 9.97. The molecule has 1 heterocycles. The molecule has 0 N–H and O–H groups in total. The molecule has 1 aromatic rings. The molecule has 0 aliphatic rings. The van der Waals surface area contributed by atoms with E-state index in [0.29, 0.717) is 5.82 Å². The Balaban J connectivity index is 2.74. The molecule has 0 unspecified atom stereocenters. The van der Waals surface area contributed by atoms with Gasteiger partial charge in [-0.2, -0.15) is 0 Å². The molecular formula is C13H16N2O3. The normalized spacial score (nSPS) is 12.1. The summed E-state index contributed by atoms with van der Waals surface area (Å²) >= 11 is 0. The SMILES string of the molecule is C/C(=C/c1ncccn1)C(=O)OC(=O)C(C)(C)C. The predicted molar refractivity (Wildman–Crippen MR) is 66.2 cm³/mol. The van der Waals surface area contributed by atoms with Crippen LogP contribution in [-0.2, 0) is 14.3 Å². The molecule has 5 nitrogen and oxygen atoms in total. The minimum atomic E-state index is -0.709. The van der Waals surface area contributed by atoms with Crippen molar-refractivity contribution in [3.8, 4) is 0 Å². The maximum absolute atomic E-state index is 11.6. The molecule has 0 spiro atoms. The summed E-state index contributed by atoms with van der Waals surface area (Å²) in [5.41, 5.74) is -0.432. The molecular weight excluding hydrogens is 232 g/mol. The zero-order valence-electron chi connectivity index (χ0n) is 10.9. The Kier molecular flexibility index (Phi) is 4.31. The van der Waals surface area contributed by atoms with Crippen molar-refractivity contribution < 1.29 is 14.3 Å². The minimum Gasteiger partial charge on any atom is -0.389 e. The molecule has 0 atom stereocenters. The summed E-state index contributed by atoms with van der Waals surface area (Å²) in [4.78, 5) is 31.1. The average molecular weight is 248 g/mol. The van der Waals surface area contributed by atoms with E-state index in [0.717, 1.165) is 0 Å². The Labute approximate surface area is 106 Å². The zero-order chi connectivity index (χ0) is 13.8. The molecule has 0 aromatic carbocycles. The Morgan fingerprint density at radius 2 is 1.78 bits per heavy atom. The van der Waals surface area contributed by atoms with Crippen molar-refractivity contribution in [2.45, 2.75) is 27.7 Å². The van der Waals surface area contributed by atoms with Crippen molar-refractivity contribution in [3.05, 3.63) is 29.9 Å². The second-order valence-corrected chi connectivity index (χ2v) is 4.86. The maximum atomic E-state index is 11.6. The summed E-state index contributed by atoms with van der Waals surface area (Å²) in [6.45, 7) is 6.60. The summed E-state index contributed by atoms with van der Waals surface area (Å²) in [5.74, 6) is -0.841. The Hall–Kier alpha value is -2.04. The number of aromatic nitrogens is 2. The van der Waals surface area contributed by atoms with Crippen LogP contribution >= 0.6 is 0 Å². The fourth-order valence-corrected chi connectivity index (χ4v) is 0.956. The van der Waals surface area contributed by atoms with Crippen LogP contribution in [0.25, 0.3) is 6.08 Å². The number of hydrogen-bond acceptors (Lipinski definition) is 5. The summed E-state index contributed by atoms with van der Waals surface area (Å²) in [7, 11) is 0. The van der Waals surface area contributed by atoms with Gasteiger partial charge in [-0.05, 0) is 39.8 Å². The van der Waals surface area contributed by atoms with E-state index in [2.05, 4.69) is 9.97 Å². The highest BCUT2D eigenvalue weighted by Gasteiger charge is 2.26. The lowest BCUT2D eigenvalue weighted by molar-refractivity contribution is -0.163. The van der Waals surface area contributed by atoms with Gasteiger partial charge in [-0.1, -0.05) is 0 Å². The highest BCUT2D eigenvalue weighted by Crippen LogP contribution is 2.16. The van der Waals surface area contributed by atoms with Crippen LogP contribution in [0.2, 0.25) is 0 Å². The third-order valence-electron chi connectivity index (χ3n) is 2.05. The van der Waals surface area contributed by atoms with Crippen LogP contribution < -0.4 is 0 Å². The smallest absolute Gasteiger partial charge is 0.341 e. The first-order chi connectivity index (χ1) is 8.30. The van der Waals surface area contributed by atoms with Gasteiger partial charge in [0.15, 0.2) is 5.82 Å². The van der Waals surface area contributed by atoms with Crippen molar-refractivity contribution in [1.29, 1.82) is 0 Å². The molecule has 0 aliphatic heterocycles. The van der Waals surface area contributed by atoms with Gasteiger partial charge in [-0.3, -0.25) is 4.79 Å². The third kappa shape index (κ3) is 4.08. The van der Waals surface area contributed by atoms with Crippen LogP contribution in [0.4, 0.5) is 0 Å². The molecule has 0 fully saturated rings. The fraction of sp³-hybridized carbons (Fsp3) is 0.385. The molecule has 0 saturated heterocycles. The van der Waals surface area contributed by atoms with E-state index in [-0.39, 0.29) is 5.57 Å². The van der Waals surface area contributed by atoms with Gasteiger partial charge in [-0.15, -0.1) is 0 Å². The third-order valence-corrected chi connectivity index (χ3v) is 2.05. The van der Waals surface area contributed by atoms with Crippen LogP contribution in [0.3, 0.4) is 0 Å². The van der Waals surface area contributed by atoms with E-state index in [1.807, 2.05) is 0 Å². The number of esters is 2. The molecule has 0 bridgehead atoms. The second kappa shape index (κ2) is 5.53. The molecule has 18 heavy (non-hydrogen) atoms. The first-order valence-corrected chi connectivity index (χ1v) is 5.52. The standard InChI is InChI=1S/C13H16N2O3/c1-9(8-10-14-6-5-7-15-10)11(16)18-12(17)13(2,3)4/h5-8H,1-4H3/b9-8-. The number of carbonyl (C=O) groups is 2. The van der Waals surface area contributed by atoms with Crippen molar-refractivity contribution in [2.24, 2.45) is 5.41 Å². The van der Waals surface area contributed by atoms with Gasteiger partial charge in [0, 0.05) is 18.0 Å². The van der Waals surface area contributed by atoms with E-state index in [1.54, 1.807) is 46.2 Å². The fourth-order valence-electron chi connectivity index (χ4n) is 0.956. The van der Waals surface area contributed by atoms with Gasteiger partial charge >= 0.3 is 11.9 Å². The summed E-state index contributed by atoms with van der Waals surface area (Å²) < 4.78 is 4.75. The summed E-state index contributed by atoms with van der Waals surface area (Å²) in [5, 5.41) is 0. The summed E-state index contributed by atoms with van der Waals surface area (Å²) in [6, 6.07) is 1.67. The average Bonchev–Trinajstić information content (AvgIpc) is 2.28. The van der Waals surface area contributed by atoms with Gasteiger partial charge in [-0.25, -0.2) is 14.8 Å². The topological polar surface area (TPSA) is 69.2 Å². The molecule has 96 valence electrons. The van der Waals surface area contributed by atoms with E-state index >= 15 is 0 Å². The van der Waals surface area contributed by atoms with Crippen LogP contribution in [0.15, 0.2) is 24.0 Å². The molecule has 1 aromatic heterocycles. The first kappa shape index (κ1) is 14.0. The summed E-state index contributed by atoms with van der Waals surface area (Å²) in [6.07, 6.45) is 4.60. The minimum absolute atomic E-state index is 0.277. The second-order valence-electron chi connectivity index (χ2n) is 4.86. The van der Waals surface area contributed by atoms with Gasteiger partial charge < -0.3 is 4.74 Å². The molecule has 5 heteroatoms. The van der Waals surface area contributed by atoms with Gasteiger partial charge in [0.2, 0.25) is 0 Å². The number of ether oxygens (including phenoxy) is 1. The molecule has 0 aliphatic carbocycles. The van der Waals surface area contributed by atoms with Gasteiger partial charge in [0.05, 0.1) is 5.41 Å². The van der Waals surface area contributed by atoms with Crippen molar-refractivity contribution in [3.63, 3.8) is 0 Å². The van der Waals surface area contributed by atoms with E-state index in [1.165, 1.54) is 6.08 Å². The highest BCUT2D eigenvalue weighted by molar-refractivity contribution is 5.99. The number of carbonyl (C=O) groups excluding carboxylic acids is 2. The lowest BCUT2D eigenvalue weighted by Gasteiger charge is -2.15. The van der Waals surface area contributed by atoms with E-state index in [9.17, 15) is 9.59 Å². The Morgan fingerprint density at radius 3 is 2.28 bits per heavy atom. The number of nitrogens with zero attached hydrogens (tertiary/aromatic N) is 2. The molecule has 0 amide bonds. The van der Waals surface area contributed by atoms with E-state index in [4.69, 9.17) is 4.74 Å². The molecule has 0 saturated carbocycles.